The highest BCUT2D eigenvalue weighted by Gasteiger charge is 2.41. The summed E-state index contributed by atoms with van der Waals surface area (Å²) in [6.07, 6.45) is 14.9. The van der Waals surface area contributed by atoms with E-state index in [0.29, 0.717) is 21.6 Å². The summed E-state index contributed by atoms with van der Waals surface area (Å²) in [6, 6.07) is -0.369. The molecule has 3 rings (SSSR count). The molecule has 3 atom stereocenters. The smallest absolute Gasteiger partial charge is 0.261 e. The van der Waals surface area contributed by atoms with Gasteiger partial charge in [-0.05, 0) is 43.6 Å². The molecule has 1 N–H and O–H groups in total. The van der Waals surface area contributed by atoms with Crippen LogP contribution < -0.4 is 4.72 Å². The first-order valence-corrected chi connectivity index (χ1v) is 9.39. The predicted octanol–water partition coefficient (Wildman–Crippen LogP) is 3.42. The topological polar surface area (TPSA) is 58.5 Å². The SMILES string of the molecule is C[C@H]1C=CC(S(=O)(=O)NC2=CC=C(Cl)[C@]3(C)C=CC=NC23)=CC1. The number of sulfonamides is 1. The minimum absolute atomic E-state index is 0.300. The second-order valence-corrected chi connectivity index (χ2v) is 8.35. The molecule has 4 nitrogen and oxygen atoms in total. The maximum atomic E-state index is 12.6. The van der Waals surface area contributed by atoms with Gasteiger partial charge in [-0.2, -0.15) is 0 Å². The van der Waals surface area contributed by atoms with Gasteiger partial charge < -0.3 is 0 Å². The molecule has 0 aromatic carbocycles. The van der Waals surface area contributed by atoms with Crippen LogP contribution in [0.25, 0.3) is 0 Å². The third kappa shape index (κ3) is 2.95. The normalized spacial score (nSPS) is 32.7. The first-order valence-electron chi connectivity index (χ1n) is 7.53. The lowest BCUT2D eigenvalue weighted by Gasteiger charge is -2.38. The zero-order chi connectivity index (χ0) is 16.7. The van der Waals surface area contributed by atoms with E-state index in [1.54, 1.807) is 30.5 Å². The van der Waals surface area contributed by atoms with Crippen LogP contribution in [0.1, 0.15) is 20.3 Å². The fourth-order valence-electron chi connectivity index (χ4n) is 2.88. The van der Waals surface area contributed by atoms with E-state index in [1.165, 1.54) is 0 Å². The van der Waals surface area contributed by atoms with Crippen molar-refractivity contribution in [3.8, 4) is 0 Å². The van der Waals surface area contributed by atoms with E-state index in [0.717, 1.165) is 6.42 Å². The Balaban J connectivity index is 1.90. The summed E-state index contributed by atoms with van der Waals surface area (Å²) in [4.78, 5) is 4.73. The number of nitrogens with zero attached hydrogens (tertiary/aromatic N) is 1. The second-order valence-electron chi connectivity index (χ2n) is 6.26. The minimum atomic E-state index is -3.62. The monoisotopic (exact) mass is 350 g/mol. The van der Waals surface area contributed by atoms with Gasteiger partial charge in [0.15, 0.2) is 0 Å². The fourth-order valence-corrected chi connectivity index (χ4v) is 4.29. The third-order valence-electron chi connectivity index (χ3n) is 4.39. The lowest BCUT2D eigenvalue weighted by molar-refractivity contribution is 0.441. The molecule has 0 fully saturated rings. The van der Waals surface area contributed by atoms with Crippen molar-refractivity contribution in [2.75, 3.05) is 0 Å². The molecule has 3 aliphatic rings. The molecule has 6 heteroatoms. The molecule has 0 spiro atoms. The molecule has 0 aromatic rings. The van der Waals surface area contributed by atoms with Gasteiger partial charge in [-0.3, -0.25) is 9.71 Å². The molecule has 0 bridgehead atoms. The quantitative estimate of drug-likeness (QED) is 0.847. The number of rotatable bonds is 3. The van der Waals surface area contributed by atoms with Crippen molar-refractivity contribution in [2.45, 2.75) is 26.3 Å². The molecule has 0 saturated carbocycles. The Hall–Kier alpha value is -1.59. The molecular weight excluding hydrogens is 332 g/mol. The van der Waals surface area contributed by atoms with Crippen molar-refractivity contribution in [1.29, 1.82) is 0 Å². The van der Waals surface area contributed by atoms with Gasteiger partial charge in [0.1, 0.15) is 6.04 Å². The van der Waals surface area contributed by atoms with E-state index in [1.807, 2.05) is 25.2 Å². The van der Waals surface area contributed by atoms with Gasteiger partial charge in [0.05, 0.1) is 10.6 Å². The van der Waals surface area contributed by atoms with E-state index in [9.17, 15) is 8.42 Å². The number of hydrogen-bond donors (Lipinski definition) is 1. The number of fused-ring (bicyclic) bond motifs is 1. The Morgan fingerprint density at radius 2 is 2.17 bits per heavy atom. The lowest BCUT2D eigenvalue weighted by Crippen LogP contribution is -2.41. The van der Waals surface area contributed by atoms with Crippen LogP contribution in [0.4, 0.5) is 0 Å². The first kappa shape index (κ1) is 16.3. The Labute approximate surface area is 142 Å². The fraction of sp³-hybridized carbons (Fsp3) is 0.353. The second kappa shape index (κ2) is 5.80. The summed E-state index contributed by atoms with van der Waals surface area (Å²) in [6.45, 7) is 4.00. The summed E-state index contributed by atoms with van der Waals surface area (Å²) < 4.78 is 27.9. The molecule has 1 aliphatic heterocycles. The van der Waals surface area contributed by atoms with Crippen LogP contribution in [0.3, 0.4) is 0 Å². The molecule has 0 amide bonds. The molecule has 2 aliphatic carbocycles. The Bertz CT molecular complexity index is 802. The van der Waals surface area contributed by atoms with Crippen LogP contribution in [0, 0.1) is 11.3 Å². The van der Waals surface area contributed by atoms with Crippen molar-refractivity contribution < 1.29 is 8.42 Å². The van der Waals surface area contributed by atoms with Gasteiger partial charge in [0, 0.05) is 16.7 Å². The van der Waals surface area contributed by atoms with Gasteiger partial charge in [0.2, 0.25) is 0 Å². The molecule has 0 aromatic heterocycles. The van der Waals surface area contributed by atoms with Crippen LogP contribution in [0.5, 0.6) is 0 Å². The number of dihydropyridines is 1. The molecule has 1 unspecified atom stereocenters. The van der Waals surface area contributed by atoms with Crippen LogP contribution in [-0.2, 0) is 10.0 Å². The van der Waals surface area contributed by atoms with Crippen LogP contribution in [0.2, 0.25) is 0 Å². The van der Waals surface area contributed by atoms with Crippen molar-refractivity contribution in [3.63, 3.8) is 0 Å². The van der Waals surface area contributed by atoms with E-state index in [4.69, 9.17) is 11.6 Å². The average Bonchev–Trinajstić information content (AvgIpc) is 2.51. The maximum absolute atomic E-state index is 12.6. The number of hydrogen-bond acceptors (Lipinski definition) is 3. The molecule has 0 radical (unpaired) electrons. The highest BCUT2D eigenvalue weighted by atomic mass is 35.5. The Kier molecular flexibility index (Phi) is 4.10. The third-order valence-corrected chi connectivity index (χ3v) is 6.35. The van der Waals surface area contributed by atoms with Gasteiger partial charge >= 0.3 is 0 Å². The lowest BCUT2D eigenvalue weighted by atomic mass is 9.76. The maximum Gasteiger partial charge on any atom is 0.261 e. The van der Waals surface area contributed by atoms with Crippen LogP contribution >= 0.6 is 11.6 Å². The molecular formula is C17H19ClN2O2S. The Morgan fingerprint density at radius 3 is 2.87 bits per heavy atom. The zero-order valence-corrected chi connectivity index (χ0v) is 14.6. The number of nitrogens with one attached hydrogen (secondary N) is 1. The van der Waals surface area contributed by atoms with Crippen molar-refractivity contribution >= 4 is 27.8 Å². The summed E-state index contributed by atoms with van der Waals surface area (Å²) in [5.41, 5.74) is 0.0132. The van der Waals surface area contributed by atoms with Crippen molar-refractivity contribution in [3.05, 3.63) is 58.2 Å². The summed E-state index contributed by atoms with van der Waals surface area (Å²) in [5, 5.41) is 0.643. The van der Waals surface area contributed by atoms with Gasteiger partial charge in [0.25, 0.3) is 10.0 Å². The molecule has 0 saturated heterocycles. The highest BCUT2D eigenvalue weighted by Crippen LogP contribution is 2.43. The predicted molar refractivity (Wildman–Crippen MR) is 94.6 cm³/mol. The molecule has 23 heavy (non-hydrogen) atoms. The Morgan fingerprint density at radius 1 is 1.39 bits per heavy atom. The number of halogens is 1. The van der Waals surface area contributed by atoms with E-state index < -0.39 is 15.4 Å². The zero-order valence-electron chi connectivity index (χ0n) is 13.0. The van der Waals surface area contributed by atoms with Crippen LogP contribution in [-0.4, -0.2) is 20.7 Å². The van der Waals surface area contributed by atoms with Gasteiger partial charge in [-0.25, -0.2) is 8.42 Å². The van der Waals surface area contributed by atoms with Gasteiger partial charge in [-0.15, -0.1) is 0 Å². The van der Waals surface area contributed by atoms with Crippen molar-refractivity contribution in [1.82, 2.24) is 4.72 Å². The van der Waals surface area contributed by atoms with Gasteiger partial charge in [-0.1, -0.05) is 36.8 Å². The average molecular weight is 351 g/mol. The van der Waals surface area contributed by atoms with Crippen LogP contribution in [0.15, 0.2) is 63.2 Å². The van der Waals surface area contributed by atoms with Crippen molar-refractivity contribution in [2.24, 2.45) is 16.3 Å². The van der Waals surface area contributed by atoms with E-state index in [-0.39, 0.29) is 6.04 Å². The number of allylic oxidation sites excluding steroid dienone is 6. The van der Waals surface area contributed by atoms with E-state index >= 15 is 0 Å². The largest absolute Gasteiger partial charge is 0.282 e. The standard InChI is InChI=1S/C17H19ClN2O2S/c1-12-4-6-13(7-5-12)23(21,22)20-14-8-9-15(18)17(2)10-3-11-19-16(14)17/h3-4,6-12,16,20H,5H2,1-2H3/t12-,16?,17-/m0/s1. The molecule has 122 valence electrons. The summed E-state index contributed by atoms with van der Waals surface area (Å²) in [5.74, 6) is 0.362. The highest BCUT2D eigenvalue weighted by molar-refractivity contribution is 7.93. The first-order chi connectivity index (χ1) is 10.8. The molecule has 1 heterocycles. The summed E-state index contributed by atoms with van der Waals surface area (Å²) >= 11 is 6.32. The minimum Gasteiger partial charge on any atom is -0.282 e. The van der Waals surface area contributed by atoms with E-state index in [2.05, 4.69) is 16.6 Å². The summed E-state index contributed by atoms with van der Waals surface area (Å²) in [7, 11) is -3.62. The number of aliphatic imine (C=N–C) groups is 1.